The van der Waals surface area contributed by atoms with Crippen molar-refractivity contribution < 1.29 is 4.21 Å². The molecule has 0 fully saturated rings. The van der Waals surface area contributed by atoms with E-state index >= 15 is 0 Å². The van der Waals surface area contributed by atoms with Crippen LogP contribution in [0, 0.1) is 0 Å². The zero-order valence-corrected chi connectivity index (χ0v) is 11.7. The van der Waals surface area contributed by atoms with Gasteiger partial charge in [-0.3, -0.25) is 4.21 Å². The first-order valence-electron chi connectivity index (χ1n) is 5.81. The van der Waals surface area contributed by atoms with Crippen molar-refractivity contribution in [2.24, 2.45) is 0 Å². The van der Waals surface area contributed by atoms with Crippen LogP contribution in [0.5, 0.6) is 0 Å². The fourth-order valence-electron chi connectivity index (χ4n) is 1.80. The van der Waals surface area contributed by atoms with Crippen LogP contribution < -0.4 is 5.73 Å². The monoisotopic (exact) mass is 288 g/mol. The molecular formula is C14H12N2OS2. The third kappa shape index (κ3) is 2.67. The summed E-state index contributed by atoms with van der Waals surface area (Å²) in [7, 11) is -1.11. The minimum atomic E-state index is -1.11. The zero-order valence-electron chi connectivity index (χ0n) is 10.1. The van der Waals surface area contributed by atoms with Gasteiger partial charge in [0, 0.05) is 5.69 Å². The van der Waals surface area contributed by atoms with Crippen LogP contribution in [-0.4, -0.2) is 9.19 Å². The average Bonchev–Trinajstić information content (AvgIpc) is 2.83. The van der Waals surface area contributed by atoms with E-state index in [0.29, 0.717) is 15.8 Å². The Kier molecular flexibility index (Phi) is 3.31. The Labute approximate surface area is 117 Å². The van der Waals surface area contributed by atoms with Gasteiger partial charge < -0.3 is 5.73 Å². The van der Waals surface area contributed by atoms with E-state index in [0.717, 1.165) is 15.8 Å². The molecule has 1 aromatic heterocycles. The molecule has 1 atom stereocenters. The molecule has 2 aromatic carbocycles. The van der Waals surface area contributed by atoms with Gasteiger partial charge in [-0.15, -0.1) is 11.3 Å². The number of fused-ring (bicyclic) bond motifs is 1. The van der Waals surface area contributed by atoms with Crippen LogP contribution in [0.2, 0.25) is 0 Å². The fourth-order valence-corrected chi connectivity index (χ4v) is 4.19. The van der Waals surface area contributed by atoms with Crippen molar-refractivity contribution >= 4 is 38.0 Å². The average molecular weight is 288 g/mol. The van der Waals surface area contributed by atoms with Gasteiger partial charge in [-0.1, -0.05) is 30.3 Å². The van der Waals surface area contributed by atoms with Crippen LogP contribution in [0.25, 0.3) is 10.2 Å². The van der Waals surface area contributed by atoms with Gasteiger partial charge in [-0.25, -0.2) is 4.98 Å². The van der Waals surface area contributed by atoms with E-state index in [2.05, 4.69) is 4.98 Å². The minimum absolute atomic E-state index is 0.496. The normalized spacial score (nSPS) is 12.6. The predicted molar refractivity (Wildman–Crippen MR) is 80.6 cm³/mol. The fraction of sp³-hybridized carbons (Fsp3) is 0.0714. The maximum Gasteiger partial charge on any atom is 0.182 e. The Hall–Kier alpha value is -1.72. The van der Waals surface area contributed by atoms with Crippen molar-refractivity contribution in [2.75, 3.05) is 5.73 Å². The number of hydrogen-bond acceptors (Lipinski definition) is 4. The Morgan fingerprint density at radius 3 is 2.74 bits per heavy atom. The van der Waals surface area contributed by atoms with E-state index in [1.165, 1.54) is 11.3 Å². The second-order valence-electron chi connectivity index (χ2n) is 4.18. The lowest BCUT2D eigenvalue weighted by Crippen LogP contribution is -1.95. The summed E-state index contributed by atoms with van der Waals surface area (Å²) in [6, 6.07) is 15.4. The summed E-state index contributed by atoms with van der Waals surface area (Å²) in [5.74, 6) is 0.496. The van der Waals surface area contributed by atoms with Crippen LogP contribution in [0.4, 0.5) is 5.69 Å². The Morgan fingerprint density at radius 1 is 1.16 bits per heavy atom. The van der Waals surface area contributed by atoms with E-state index in [9.17, 15) is 4.21 Å². The first kappa shape index (κ1) is 12.3. The summed E-state index contributed by atoms with van der Waals surface area (Å²) in [5, 5.41) is 0. The quantitative estimate of drug-likeness (QED) is 0.753. The lowest BCUT2D eigenvalue weighted by Gasteiger charge is -1.98. The van der Waals surface area contributed by atoms with Gasteiger partial charge in [-0.2, -0.15) is 0 Å². The molecule has 0 aliphatic carbocycles. The van der Waals surface area contributed by atoms with E-state index in [1.54, 1.807) is 0 Å². The highest BCUT2D eigenvalue weighted by molar-refractivity contribution is 7.86. The van der Waals surface area contributed by atoms with Crippen LogP contribution in [-0.2, 0) is 16.6 Å². The van der Waals surface area contributed by atoms with Crippen molar-refractivity contribution in [2.45, 2.75) is 10.1 Å². The molecule has 96 valence electrons. The second kappa shape index (κ2) is 5.11. The molecule has 0 aliphatic heterocycles. The number of rotatable bonds is 3. The van der Waals surface area contributed by atoms with Crippen LogP contribution in [0.3, 0.4) is 0 Å². The standard InChI is InChI=1S/C14H12N2OS2/c15-11-6-7-12-13(8-11)18-14(16-12)19(17)9-10-4-2-1-3-5-10/h1-8H,9,15H2. The largest absolute Gasteiger partial charge is 0.399 e. The Bertz CT molecular complexity index is 738. The van der Waals surface area contributed by atoms with Crippen LogP contribution in [0.1, 0.15) is 5.56 Å². The molecule has 0 saturated carbocycles. The molecule has 2 N–H and O–H groups in total. The van der Waals surface area contributed by atoms with Gasteiger partial charge in [0.15, 0.2) is 4.34 Å². The van der Waals surface area contributed by atoms with Crippen LogP contribution in [0.15, 0.2) is 52.9 Å². The second-order valence-corrected chi connectivity index (χ2v) is 6.84. The van der Waals surface area contributed by atoms with E-state index in [4.69, 9.17) is 5.73 Å². The van der Waals surface area contributed by atoms with E-state index in [1.807, 2.05) is 48.5 Å². The first-order chi connectivity index (χ1) is 9.22. The summed E-state index contributed by atoms with van der Waals surface area (Å²) < 4.78 is 13.9. The molecule has 0 spiro atoms. The van der Waals surface area contributed by atoms with Crippen molar-refractivity contribution in [3.63, 3.8) is 0 Å². The van der Waals surface area contributed by atoms with Crippen molar-refractivity contribution in [3.8, 4) is 0 Å². The van der Waals surface area contributed by atoms with Gasteiger partial charge in [0.1, 0.15) is 0 Å². The molecule has 1 heterocycles. The summed E-state index contributed by atoms with van der Waals surface area (Å²) in [4.78, 5) is 4.41. The third-order valence-electron chi connectivity index (χ3n) is 2.73. The van der Waals surface area contributed by atoms with Gasteiger partial charge in [0.05, 0.1) is 26.8 Å². The van der Waals surface area contributed by atoms with Gasteiger partial charge in [0.2, 0.25) is 0 Å². The maximum absolute atomic E-state index is 12.3. The van der Waals surface area contributed by atoms with Crippen molar-refractivity contribution in [3.05, 3.63) is 54.1 Å². The molecule has 1 unspecified atom stereocenters. The van der Waals surface area contributed by atoms with Crippen LogP contribution >= 0.6 is 11.3 Å². The highest BCUT2D eigenvalue weighted by Crippen LogP contribution is 2.27. The SMILES string of the molecule is Nc1ccc2nc(S(=O)Cc3ccccc3)sc2c1. The summed E-state index contributed by atoms with van der Waals surface area (Å²) in [5.41, 5.74) is 8.35. The van der Waals surface area contributed by atoms with Gasteiger partial charge >= 0.3 is 0 Å². The molecule has 0 bridgehead atoms. The van der Waals surface area contributed by atoms with E-state index < -0.39 is 10.8 Å². The smallest absolute Gasteiger partial charge is 0.182 e. The number of thiazole rings is 1. The molecule has 0 amide bonds. The number of nitrogens with zero attached hydrogens (tertiary/aromatic N) is 1. The molecule has 19 heavy (non-hydrogen) atoms. The molecule has 0 saturated heterocycles. The zero-order chi connectivity index (χ0) is 13.2. The summed E-state index contributed by atoms with van der Waals surface area (Å²) in [6.07, 6.45) is 0. The highest BCUT2D eigenvalue weighted by Gasteiger charge is 2.11. The predicted octanol–water partition coefficient (Wildman–Crippen LogP) is 3.19. The summed E-state index contributed by atoms with van der Waals surface area (Å²) in [6.45, 7) is 0. The Morgan fingerprint density at radius 2 is 1.95 bits per heavy atom. The summed E-state index contributed by atoms with van der Waals surface area (Å²) >= 11 is 1.45. The molecule has 5 heteroatoms. The first-order valence-corrected chi connectivity index (χ1v) is 7.94. The Balaban J connectivity index is 1.89. The number of hydrogen-bond donors (Lipinski definition) is 1. The number of anilines is 1. The number of benzene rings is 2. The number of nitrogens with two attached hydrogens (primary N) is 1. The molecular weight excluding hydrogens is 276 g/mol. The number of aromatic nitrogens is 1. The van der Waals surface area contributed by atoms with Crippen molar-refractivity contribution in [1.29, 1.82) is 0 Å². The lowest BCUT2D eigenvalue weighted by atomic mass is 10.2. The topological polar surface area (TPSA) is 56.0 Å². The molecule has 3 aromatic rings. The number of nitrogen functional groups attached to an aromatic ring is 1. The highest BCUT2D eigenvalue weighted by atomic mass is 32.2. The van der Waals surface area contributed by atoms with Gasteiger partial charge in [0.25, 0.3) is 0 Å². The maximum atomic E-state index is 12.3. The molecule has 3 nitrogen and oxygen atoms in total. The molecule has 0 radical (unpaired) electrons. The lowest BCUT2D eigenvalue weighted by molar-refractivity contribution is 0.682. The molecule has 3 rings (SSSR count). The molecule has 0 aliphatic rings. The van der Waals surface area contributed by atoms with E-state index in [-0.39, 0.29) is 0 Å². The van der Waals surface area contributed by atoms with Crippen molar-refractivity contribution in [1.82, 2.24) is 4.98 Å². The third-order valence-corrected chi connectivity index (χ3v) is 5.43. The minimum Gasteiger partial charge on any atom is -0.399 e. The van der Waals surface area contributed by atoms with Gasteiger partial charge in [-0.05, 0) is 23.8 Å².